The van der Waals surface area contributed by atoms with Gasteiger partial charge in [0, 0.05) is 28.5 Å². The fourth-order valence-electron chi connectivity index (χ4n) is 3.25. The predicted octanol–water partition coefficient (Wildman–Crippen LogP) is 6.21. The summed E-state index contributed by atoms with van der Waals surface area (Å²) in [7, 11) is 2.08. The van der Waals surface area contributed by atoms with E-state index in [9.17, 15) is 0 Å². The molecule has 1 nitrogen and oxygen atoms in total. The van der Waals surface area contributed by atoms with Gasteiger partial charge < -0.3 is 4.57 Å². The maximum absolute atomic E-state index is 6.28. The van der Waals surface area contributed by atoms with Crippen LogP contribution in [-0.2, 0) is 7.05 Å². The van der Waals surface area contributed by atoms with E-state index in [2.05, 4.69) is 85.0 Å². The minimum absolute atomic E-state index is 0.723. The zero-order chi connectivity index (χ0) is 18.1. The number of halogens is 1. The van der Waals surface area contributed by atoms with Gasteiger partial charge in [0.2, 0.25) is 0 Å². The highest BCUT2D eigenvalue weighted by molar-refractivity contribution is 6.31. The van der Waals surface area contributed by atoms with Crippen LogP contribution in [0.4, 0.5) is 0 Å². The van der Waals surface area contributed by atoms with Gasteiger partial charge in [-0.1, -0.05) is 71.5 Å². The molecule has 2 heteroatoms. The third-order valence-electron chi connectivity index (χ3n) is 4.59. The van der Waals surface area contributed by atoms with Gasteiger partial charge in [0.1, 0.15) is 0 Å². The van der Waals surface area contributed by atoms with Gasteiger partial charge in [0.15, 0.2) is 0 Å². The highest BCUT2D eigenvalue weighted by Gasteiger charge is 2.15. The smallest absolute Gasteiger partial charge is 0.0648 e. The van der Waals surface area contributed by atoms with Crippen LogP contribution in [0.1, 0.15) is 16.7 Å². The number of aryl methyl sites for hydroxylation is 2. The van der Waals surface area contributed by atoms with Crippen molar-refractivity contribution in [1.29, 1.82) is 0 Å². The molecule has 26 heavy (non-hydrogen) atoms. The summed E-state index contributed by atoms with van der Waals surface area (Å²) in [5.41, 5.74) is 6.64. The first-order valence-electron chi connectivity index (χ1n) is 8.55. The van der Waals surface area contributed by atoms with Crippen molar-refractivity contribution in [2.24, 2.45) is 7.05 Å². The molecule has 3 aromatic carbocycles. The monoisotopic (exact) mass is 355 g/mol. The van der Waals surface area contributed by atoms with Crippen molar-refractivity contribution in [1.82, 2.24) is 4.57 Å². The molecule has 4 rings (SSSR count). The maximum Gasteiger partial charge on any atom is 0.0648 e. The molecule has 4 aromatic rings. The van der Waals surface area contributed by atoms with Crippen LogP contribution >= 0.6 is 11.6 Å². The lowest BCUT2D eigenvalue weighted by atomic mass is 10.0. The summed E-state index contributed by atoms with van der Waals surface area (Å²) < 4.78 is 2.19. The van der Waals surface area contributed by atoms with Crippen LogP contribution in [0.5, 0.6) is 0 Å². The molecule has 0 N–H and O–H groups in total. The number of benzene rings is 3. The molecule has 0 aliphatic heterocycles. The van der Waals surface area contributed by atoms with E-state index in [-0.39, 0.29) is 0 Å². The summed E-state index contributed by atoms with van der Waals surface area (Å²) in [5, 5.41) is 1.81. The Labute approximate surface area is 158 Å². The first kappa shape index (κ1) is 16.5. The quantitative estimate of drug-likeness (QED) is 0.358. The van der Waals surface area contributed by atoms with Gasteiger partial charge in [0.05, 0.1) is 11.3 Å². The molecule has 1 aromatic heterocycles. The Morgan fingerprint density at radius 2 is 1.58 bits per heavy atom. The third kappa shape index (κ3) is 3.01. The highest BCUT2D eigenvalue weighted by Crippen LogP contribution is 2.33. The highest BCUT2D eigenvalue weighted by atomic mass is 35.5. The van der Waals surface area contributed by atoms with Crippen molar-refractivity contribution in [3.8, 4) is 23.1 Å². The van der Waals surface area contributed by atoms with Crippen molar-refractivity contribution >= 4 is 22.5 Å². The molecular formula is C24H18ClN. The van der Waals surface area contributed by atoms with Crippen molar-refractivity contribution in [2.45, 2.75) is 6.92 Å². The normalized spacial score (nSPS) is 10.6. The standard InChI is InChI=1S/C24H18ClN/c1-17-8-10-18(11-9-17)12-14-21-22-16-20(25)13-15-23(22)26(2)24(21)19-6-4-3-5-7-19/h3-11,13,15-16H,1-2H3. The Balaban J connectivity index is 1.97. The second kappa shape index (κ2) is 6.75. The van der Waals surface area contributed by atoms with Crippen LogP contribution in [0, 0.1) is 18.8 Å². The van der Waals surface area contributed by atoms with Gasteiger partial charge in [0.25, 0.3) is 0 Å². The van der Waals surface area contributed by atoms with E-state index in [1.54, 1.807) is 0 Å². The molecule has 0 bridgehead atoms. The van der Waals surface area contributed by atoms with Crippen LogP contribution in [0.25, 0.3) is 22.2 Å². The average Bonchev–Trinajstić information content (AvgIpc) is 2.93. The number of fused-ring (bicyclic) bond motifs is 1. The van der Waals surface area contributed by atoms with E-state index in [4.69, 9.17) is 11.6 Å². The summed E-state index contributed by atoms with van der Waals surface area (Å²) in [4.78, 5) is 0. The maximum atomic E-state index is 6.28. The Morgan fingerprint density at radius 1 is 0.846 bits per heavy atom. The minimum atomic E-state index is 0.723. The molecule has 0 radical (unpaired) electrons. The van der Waals surface area contributed by atoms with Gasteiger partial charge in [-0.2, -0.15) is 0 Å². The minimum Gasteiger partial charge on any atom is -0.343 e. The molecule has 0 saturated heterocycles. The first-order valence-corrected chi connectivity index (χ1v) is 8.93. The van der Waals surface area contributed by atoms with Crippen molar-refractivity contribution < 1.29 is 0 Å². The average molecular weight is 356 g/mol. The van der Waals surface area contributed by atoms with E-state index in [1.165, 1.54) is 5.56 Å². The first-order chi connectivity index (χ1) is 12.6. The van der Waals surface area contributed by atoms with Crippen LogP contribution in [0.15, 0.2) is 72.8 Å². The molecule has 0 aliphatic rings. The third-order valence-corrected chi connectivity index (χ3v) is 4.83. The topological polar surface area (TPSA) is 4.93 Å². The van der Waals surface area contributed by atoms with E-state index >= 15 is 0 Å². The Hall–Kier alpha value is -2.95. The van der Waals surface area contributed by atoms with Crippen LogP contribution in [0.3, 0.4) is 0 Å². The van der Waals surface area contributed by atoms with Crippen molar-refractivity contribution in [3.05, 3.63) is 94.5 Å². The Morgan fingerprint density at radius 3 is 2.31 bits per heavy atom. The Bertz CT molecular complexity index is 1140. The second-order valence-electron chi connectivity index (χ2n) is 6.43. The number of rotatable bonds is 1. The molecule has 0 unspecified atom stereocenters. The zero-order valence-corrected chi connectivity index (χ0v) is 15.5. The van der Waals surface area contributed by atoms with Gasteiger partial charge in [-0.05, 0) is 42.8 Å². The van der Waals surface area contributed by atoms with Crippen molar-refractivity contribution in [2.75, 3.05) is 0 Å². The fourth-order valence-corrected chi connectivity index (χ4v) is 3.42. The van der Waals surface area contributed by atoms with Gasteiger partial charge in [-0.15, -0.1) is 0 Å². The largest absolute Gasteiger partial charge is 0.343 e. The second-order valence-corrected chi connectivity index (χ2v) is 6.86. The van der Waals surface area contributed by atoms with Crippen LogP contribution in [-0.4, -0.2) is 4.57 Å². The number of aromatic nitrogens is 1. The molecule has 0 spiro atoms. The number of hydrogen-bond acceptors (Lipinski definition) is 0. The number of hydrogen-bond donors (Lipinski definition) is 0. The lowest BCUT2D eigenvalue weighted by Gasteiger charge is -2.05. The number of nitrogens with zero attached hydrogens (tertiary/aromatic N) is 1. The van der Waals surface area contributed by atoms with Gasteiger partial charge >= 0.3 is 0 Å². The molecule has 0 aliphatic carbocycles. The summed E-state index contributed by atoms with van der Waals surface area (Å²) >= 11 is 6.28. The van der Waals surface area contributed by atoms with E-state index < -0.39 is 0 Å². The molecule has 126 valence electrons. The summed E-state index contributed by atoms with van der Waals surface area (Å²) in [6.07, 6.45) is 0. The molecule has 0 atom stereocenters. The van der Waals surface area contributed by atoms with Crippen LogP contribution < -0.4 is 0 Å². The van der Waals surface area contributed by atoms with E-state index in [0.29, 0.717) is 0 Å². The van der Waals surface area contributed by atoms with E-state index in [0.717, 1.165) is 38.3 Å². The summed E-state index contributed by atoms with van der Waals surface area (Å²) in [6.45, 7) is 2.08. The molecule has 0 saturated carbocycles. The summed E-state index contributed by atoms with van der Waals surface area (Å²) in [6, 6.07) is 24.6. The van der Waals surface area contributed by atoms with E-state index in [1.807, 2.05) is 18.2 Å². The predicted molar refractivity (Wildman–Crippen MR) is 111 cm³/mol. The molecular weight excluding hydrogens is 338 g/mol. The Kier molecular flexibility index (Phi) is 4.29. The fraction of sp³-hybridized carbons (Fsp3) is 0.0833. The lowest BCUT2D eigenvalue weighted by Crippen LogP contribution is -1.92. The molecule has 1 heterocycles. The zero-order valence-electron chi connectivity index (χ0n) is 14.8. The molecule has 0 amide bonds. The summed E-state index contributed by atoms with van der Waals surface area (Å²) in [5.74, 6) is 6.73. The van der Waals surface area contributed by atoms with Gasteiger partial charge in [-0.3, -0.25) is 0 Å². The molecule has 0 fully saturated rings. The van der Waals surface area contributed by atoms with Crippen LogP contribution in [0.2, 0.25) is 5.02 Å². The van der Waals surface area contributed by atoms with Gasteiger partial charge in [-0.25, -0.2) is 0 Å². The lowest BCUT2D eigenvalue weighted by molar-refractivity contribution is 0.977. The van der Waals surface area contributed by atoms with Crippen molar-refractivity contribution in [3.63, 3.8) is 0 Å². The SMILES string of the molecule is Cc1ccc(C#Cc2c(-c3ccccc3)n(C)c3ccc(Cl)cc23)cc1.